The number of aliphatic carboxylic acids is 1. The molecule has 1 aromatic rings. The van der Waals surface area contributed by atoms with Gasteiger partial charge in [0.1, 0.15) is 5.75 Å². The first-order chi connectivity index (χ1) is 7.82. The molecule has 1 aromatic carbocycles. The number of aryl methyl sites for hydroxylation is 1. The Labute approximate surface area is 102 Å². The van der Waals surface area contributed by atoms with E-state index in [9.17, 15) is 4.79 Å². The second kappa shape index (κ2) is 5.21. The summed E-state index contributed by atoms with van der Waals surface area (Å²) >= 11 is 0. The van der Waals surface area contributed by atoms with Crippen molar-refractivity contribution in [3.05, 3.63) is 29.3 Å². The zero-order chi connectivity index (χ0) is 13.1. The lowest BCUT2D eigenvalue weighted by molar-refractivity contribution is -0.136. The van der Waals surface area contributed by atoms with Gasteiger partial charge >= 0.3 is 5.97 Å². The summed E-state index contributed by atoms with van der Waals surface area (Å²) in [5.74, 6) is 0.0166. The molecule has 0 aliphatic carbocycles. The molecule has 1 N–H and O–H groups in total. The maximum absolute atomic E-state index is 10.6. The number of carboxylic acids is 1. The molecule has 3 heteroatoms. The van der Waals surface area contributed by atoms with E-state index in [4.69, 9.17) is 9.84 Å². The van der Waals surface area contributed by atoms with E-state index in [1.807, 2.05) is 12.1 Å². The summed E-state index contributed by atoms with van der Waals surface area (Å²) in [6.07, 6.45) is 0.687. The second-order valence-electron chi connectivity index (χ2n) is 5.21. The second-order valence-corrected chi connectivity index (χ2v) is 5.21. The van der Waals surface area contributed by atoms with E-state index in [1.165, 1.54) is 0 Å². The molecule has 0 aromatic heterocycles. The zero-order valence-electron chi connectivity index (χ0n) is 10.9. The summed E-state index contributed by atoms with van der Waals surface area (Å²) in [5.41, 5.74) is 2.21. The molecular formula is C14H20O3. The molecule has 0 saturated heterocycles. The standard InChI is InChI=1S/C14H20O3/c1-14(2,3)11-7-10(5-6-13(15)16)8-12(9-11)17-4/h7-9H,5-6H2,1-4H3,(H,15,16). The number of rotatable bonds is 4. The highest BCUT2D eigenvalue weighted by molar-refractivity contribution is 5.67. The largest absolute Gasteiger partial charge is 0.497 e. The predicted molar refractivity (Wildman–Crippen MR) is 67.7 cm³/mol. The maximum Gasteiger partial charge on any atom is 0.303 e. The molecule has 0 amide bonds. The maximum atomic E-state index is 10.6. The van der Waals surface area contributed by atoms with E-state index in [0.717, 1.165) is 16.9 Å². The minimum absolute atomic E-state index is 0.0342. The first kappa shape index (κ1) is 13.6. The van der Waals surface area contributed by atoms with Crippen molar-refractivity contribution in [1.82, 2.24) is 0 Å². The normalized spacial score (nSPS) is 11.3. The topological polar surface area (TPSA) is 46.5 Å². The van der Waals surface area contributed by atoms with Crippen molar-refractivity contribution in [3.8, 4) is 5.75 Å². The van der Waals surface area contributed by atoms with Gasteiger partial charge in [-0.2, -0.15) is 0 Å². The summed E-state index contributed by atoms with van der Waals surface area (Å²) in [7, 11) is 1.63. The van der Waals surface area contributed by atoms with E-state index in [-0.39, 0.29) is 11.8 Å². The van der Waals surface area contributed by atoms with E-state index >= 15 is 0 Å². The highest BCUT2D eigenvalue weighted by Crippen LogP contribution is 2.28. The molecule has 3 nitrogen and oxygen atoms in total. The SMILES string of the molecule is COc1cc(CCC(=O)O)cc(C(C)(C)C)c1. The van der Waals surface area contributed by atoms with Crippen LogP contribution in [0.3, 0.4) is 0 Å². The van der Waals surface area contributed by atoms with Gasteiger partial charge in [0.15, 0.2) is 0 Å². The van der Waals surface area contributed by atoms with Crippen LogP contribution in [0.15, 0.2) is 18.2 Å². The Morgan fingerprint density at radius 3 is 2.41 bits per heavy atom. The molecule has 94 valence electrons. The predicted octanol–water partition coefficient (Wildman–Crippen LogP) is 3.01. The van der Waals surface area contributed by atoms with Gasteiger partial charge in [-0.1, -0.05) is 26.8 Å². The first-order valence-electron chi connectivity index (χ1n) is 5.73. The van der Waals surface area contributed by atoms with Gasteiger partial charge in [-0.15, -0.1) is 0 Å². The number of methoxy groups -OCH3 is 1. The van der Waals surface area contributed by atoms with Crippen molar-refractivity contribution in [1.29, 1.82) is 0 Å². The molecule has 0 saturated carbocycles. The van der Waals surface area contributed by atoms with Gasteiger partial charge in [0.05, 0.1) is 7.11 Å². The zero-order valence-corrected chi connectivity index (χ0v) is 10.9. The lowest BCUT2D eigenvalue weighted by atomic mass is 9.85. The fraction of sp³-hybridized carbons (Fsp3) is 0.500. The van der Waals surface area contributed by atoms with Gasteiger partial charge in [0.2, 0.25) is 0 Å². The van der Waals surface area contributed by atoms with Gasteiger partial charge in [-0.05, 0) is 35.1 Å². The van der Waals surface area contributed by atoms with Crippen molar-refractivity contribution in [2.24, 2.45) is 0 Å². The lowest BCUT2D eigenvalue weighted by Crippen LogP contribution is -2.12. The molecule has 17 heavy (non-hydrogen) atoms. The van der Waals surface area contributed by atoms with Crippen molar-refractivity contribution < 1.29 is 14.6 Å². The lowest BCUT2D eigenvalue weighted by Gasteiger charge is -2.21. The molecule has 1 rings (SSSR count). The molecule has 0 bridgehead atoms. The molecular weight excluding hydrogens is 216 g/mol. The van der Waals surface area contributed by atoms with Crippen LogP contribution in [0.5, 0.6) is 5.75 Å². The number of hydrogen-bond acceptors (Lipinski definition) is 2. The van der Waals surface area contributed by atoms with Crippen LogP contribution in [0.4, 0.5) is 0 Å². The fourth-order valence-corrected chi connectivity index (χ4v) is 1.61. The Morgan fingerprint density at radius 2 is 1.94 bits per heavy atom. The van der Waals surface area contributed by atoms with Crippen molar-refractivity contribution in [3.63, 3.8) is 0 Å². The van der Waals surface area contributed by atoms with E-state index in [1.54, 1.807) is 7.11 Å². The third-order valence-corrected chi connectivity index (χ3v) is 2.70. The highest BCUT2D eigenvalue weighted by atomic mass is 16.5. The van der Waals surface area contributed by atoms with Crippen LogP contribution in [0.2, 0.25) is 0 Å². The molecule has 0 fully saturated rings. The fourth-order valence-electron chi connectivity index (χ4n) is 1.61. The third-order valence-electron chi connectivity index (χ3n) is 2.70. The molecule has 0 atom stereocenters. The summed E-state index contributed by atoms with van der Waals surface area (Å²) in [6, 6.07) is 5.97. The third kappa shape index (κ3) is 4.10. The van der Waals surface area contributed by atoms with Crippen LogP contribution in [-0.4, -0.2) is 18.2 Å². The van der Waals surface area contributed by atoms with Gasteiger partial charge < -0.3 is 9.84 Å². The Kier molecular flexibility index (Phi) is 4.16. The summed E-state index contributed by atoms with van der Waals surface area (Å²) in [4.78, 5) is 10.6. The molecule has 0 heterocycles. The highest BCUT2D eigenvalue weighted by Gasteiger charge is 2.15. The van der Waals surface area contributed by atoms with Gasteiger partial charge in [-0.25, -0.2) is 0 Å². The van der Waals surface area contributed by atoms with E-state index < -0.39 is 5.97 Å². The Morgan fingerprint density at radius 1 is 1.29 bits per heavy atom. The van der Waals surface area contributed by atoms with Crippen LogP contribution in [-0.2, 0) is 16.6 Å². The molecule has 0 radical (unpaired) electrons. The number of ether oxygens (including phenoxy) is 1. The van der Waals surface area contributed by atoms with Crippen LogP contribution < -0.4 is 4.74 Å². The van der Waals surface area contributed by atoms with Crippen LogP contribution in [0.1, 0.15) is 38.3 Å². The van der Waals surface area contributed by atoms with Crippen LogP contribution in [0.25, 0.3) is 0 Å². The van der Waals surface area contributed by atoms with Crippen LogP contribution in [0, 0.1) is 0 Å². The van der Waals surface area contributed by atoms with Crippen LogP contribution >= 0.6 is 0 Å². The number of hydrogen-bond donors (Lipinski definition) is 1. The minimum Gasteiger partial charge on any atom is -0.497 e. The average molecular weight is 236 g/mol. The Hall–Kier alpha value is -1.51. The molecule has 0 aliphatic rings. The summed E-state index contributed by atoms with van der Waals surface area (Å²) in [5, 5.41) is 8.70. The first-order valence-corrected chi connectivity index (χ1v) is 5.73. The van der Waals surface area contributed by atoms with Gasteiger partial charge in [0, 0.05) is 6.42 Å². The van der Waals surface area contributed by atoms with Crippen molar-refractivity contribution >= 4 is 5.97 Å². The monoisotopic (exact) mass is 236 g/mol. The van der Waals surface area contributed by atoms with E-state index in [2.05, 4.69) is 26.8 Å². The Bertz CT molecular complexity index is 402. The quantitative estimate of drug-likeness (QED) is 0.874. The smallest absolute Gasteiger partial charge is 0.303 e. The van der Waals surface area contributed by atoms with E-state index in [0.29, 0.717) is 6.42 Å². The average Bonchev–Trinajstić information content (AvgIpc) is 2.24. The Balaban J connectivity index is 3.01. The van der Waals surface area contributed by atoms with Crippen molar-refractivity contribution in [2.75, 3.05) is 7.11 Å². The molecule has 0 aliphatic heterocycles. The number of carbonyl (C=O) groups is 1. The minimum atomic E-state index is -0.773. The number of benzene rings is 1. The van der Waals surface area contributed by atoms with Gasteiger partial charge in [0.25, 0.3) is 0 Å². The van der Waals surface area contributed by atoms with Crippen molar-refractivity contribution in [2.45, 2.75) is 39.0 Å². The molecule has 0 unspecified atom stereocenters. The van der Waals surface area contributed by atoms with Gasteiger partial charge in [-0.3, -0.25) is 4.79 Å². The summed E-state index contributed by atoms with van der Waals surface area (Å²) in [6.45, 7) is 6.38. The number of carboxylic acid groups (broad SMARTS) is 1. The molecule has 0 spiro atoms. The summed E-state index contributed by atoms with van der Waals surface area (Å²) < 4.78 is 5.25.